The first-order valence-electron chi connectivity index (χ1n) is 5.84. The van der Waals surface area contributed by atoms with Gasteiger partial charge in [-0.05, 0) is 24.6 Å². The molecule has 2 aromatic heterocycles. The van der Waals surface area contributed by atoms with Crippen LogP contribution in [0.1, 0.15) is 22.7 Å². The zero-order chi connectivity index (χ0) is 12.8. The van der Waals surface area contributed by atoms with Crippen molar-refractivity contribution in [3.63, 3.8) is 0 Å². The summed E-state index contributed by atoms with van der Waals surface area (Å²) in [7, 11) is 0. The first-order chi connectivity index (χ1) is 8.79. The topological polar surface area (TPSA) is 86.1 Å². The van der Waals surface area contributed by atoms with E-state index in [0.717, 1.165) is 13.0 Å². The second-order valence-corrected chi connectivity index (χ2v) is 3.85. The second-order valence-electron chi connectivity index (χ2n) is 3.85. The number of nitrogens with two attached hydrogens (primary N) is 1. The highest BCUT2D eigenvalue weighted by atomic mass is 16.4. The molecule has 2 heterocycles. The molecule has 0 spiro atoms. The molecule has 0 aliphatic heterocycles. The fourth-order valence-electron chi connectivity index (χ4n) is 1.57. The molecule has 0 radical (unpaired) electrons. The van der Waals surface area contributed by atoms with E-state index < -0.39 is 0 Å². The van der Waals surface area contributed by atoms with Crippen LogP contribution in [-0.4, -0.2) is 22.2 Å². The molecule has 0 aliphatic rings. The Hall–Kier alpha value is -2.08. The number of aryl methyl sites for hydroxylation is 1. The van der Waals surface area contributed by atoms with E-state index in [-0.39, 0.29) is 5.91 Å². The highest BCUT2D eigenvalue weighted by molar-refractivity contribution is 5.91. The monoisotopic (exact) mass is 248 g/mol. The number of hydrogen-bond acceptors (Lipinski definition) is 4. The minimum absolute atomic E-state index is 0.213. The Balaban J connectivity index is 1.71. The van der Waals surface area contributed by atoms with Gasteiger partial charge in [-0.25, -0.2) is 0 Å². The number of rotatable bonds is 6. The largest absolute Gasteiger partial charge is 0.455 e. The Morgan fingerprint density at radius 2 is 2.39 bits per heavy atom. The van der Waals surface area contributed by atoms with Gasteiger partial charge in [-0.2, -0.15) is 5.10 Å². The molecule has 6 nitrogen and oxygen atoms in total. The summed E-state index contributed by atoms with van der Waals surface area (Å²) < 4.78 is 7.07. The van der Waals surface area contributed by atoms with Crippen molar-refractivity contribution in [2.45, 2.75) is 19.5 Å². The minimum atomic E-state index is -0.213. The van der Waals surface area contributed by atoms with Crippen molar-refractivity contribution in [3.8, 4) is 0 Å². The molecule has 0 saturated heterocycles. The van der Waals surface area contributed by atoms with Crippen molar-refractivity contribution < 1.29 is 9.21 Å². The molecule has 1 amide bonds. The molecule has 0 bridgehead atoms. The SMILES string of the molecule is NCc1ccc(C(=O)NCCCn2cccn2)o1. The van der Waals surface area contributed by atoms with E-state index in [9.17, 15) is 4.79 Å². The zero-order valence-electron chi connectivity index (χ0n) is 10.0. The number of aromatic nitrogens is 2. The molecule has 6 heteroatoms. The van der Waals surface area contributed by atoms with Gasteiger partial charge in [0.2, 0.25) is 0 Å². The third-order valence-electron chi connectivity index (χ3n) is 2.50. The lowest BCUT2D eigenvalue weighted by Gasteiger charge is -2.03. The first kappa shape index (κ1) is 12.4. The van der Waals surface area contributed by atoms with Gasteiger partial charge in [0.15, 0.2) is 5.76 Å². The molecular formula is C12H16N4O2. The van der Waals surface area contributed by atoms with Crippen molar-refractivity contribution >= 4 is 5.91 Å². The van der Waals surface area contributed by atoms with Gasteiger partial charge >= 0.3 is 0 Å². The fraction of sp³-hybridized carbons (Fsp3) is 0.333. The number of hydrogen-bond donors (Lipinski definition) is 2. The van der Waals surface area contributed by atoms with E-state index in [1.54, 1.807) is 18.3 Å². The second kappa shape index (κ2) is 6.02. The van der Waals surface area contributed by atoms with Gasteiger partial charge in [-0.1, -0.05) is 0 Å². The summed E-state index contributed by atoms with van der Waals surface area (Å²) in [5, 5.41) is 6.86. The van der Waals surface area contributed by atoms with Gasteiger partial charge < -0.3 is 15.5 Å². The van der Waals surface area contributed by atoms with Crippen LogP contribution in [0.4, 0.5) is 0 Å². The summed E-state index contributed by atoms with van der Waals surface area (Å²) >= 11 is 0. The van der Waals surface area contributed by atoms with Crippen LogP contribution in [0.15, 0.2) is 35.0 Å². The smallest absolute Gasteiger partial charge is 0.286 e. The Morgan fingerprint density at radius 3 is 3.06 bits per heavy atom. The van der Waals surface area contributed by atoms with E-state index in [2.05, 4.69) is 10.4 Å². The van der Waals surface area contributed by atoms with Crippen molar-refractivity contribution in [2.24, 2.45) is 5.73 Å². The van der Waals surface area contributed by atoms with E-state index in [1.165, 1.54) is 0 Å². The Bertz CT molecular complexity index is 490. The maximum Gasteiger partial charge on any atom is 0.286 e. The molecule has 96 valence electrons. The third kappa shape index (κ3) is 3.21. The van der Waals surface area contributed by atoms with Gasteiger partial charge in [0, 0.05) is 25.5 Å². The molecule has 0 unspecified atom stereocenters. The van der Waals surface area contributed by atoms with Crippen LogP contribution in [-0.2, 0) is 13.1 Å². The van der Waals surface area contributed by atoms with Crippen LogP contribution >= 0.6 is 0 Å². The van der Waals surface area contributed by atoms with Crippen LogP contribution in [0.25, 0.3) is 0 Å². The highest BCUT2D eigenvalue weighted by Gasteiger charge is 2.09. The number of nitrogens with one attached hydrogen (secondary N) is 1. The molecule has 2 rings (SSSR count). The summed E-state index contributed by atoms with van der Waals surface area (Å²) in [4.78, 5) is 11.7. The van der Waals surface area contributed by atoms with Crippen LogP contribution in [0, 0.1) is 0 Å². The predicted octanol–water partition coefficient (Wildman–Crippen LogP) is 0.755. The molecule has 18 heavy (non-hydrogen) atoms. The lowest BCUT2D eigenvalue weighted by molar-refractivity contribution is 0.0923. The van der Waals surface area contributed by atoms with Crippen molar-refractivity contribution in [2.75, 3.05) is 6.54 Å². The summed E-state index contributed by atoms with van der Waals surface area (Å²) in [5.41, 5.74) is 5.40. The molecule has 0 saturated carbocycles. The average Bonchev–Trinajstić information content (AvgIpc) is 3.05. The quantitative estimate of drug-likeness (QED) is 0.739. The zero-order valence-corrected chi connectivity index (χ0v) is 10.0. The van der Waals surface area contributed by atoms with Gasteiger partial charge in [0.25, 0.3) is 5.91 Å². The van der Waals surface area contributed by atoms with Crippen molar-refractivity contribution in [3.05, 3.63) is 42.1 Å². The van der Waals surface area contributed by atoms with Gasteiger partial charge in [-0.3, -0.25) is 9.48 Å². The number of nitrogens with zero attached hydrogens (tertiary/aromatic N) is 2. The lowest BCUT2D eigenvalue weighted by atomic mass is 10.3. The minimum Gasteiger partial charge on any atom is -0.455 e. The maximum atomic E-state index is 11.7. The molecule has 0 fully saturated rings. The maximum absolute atomic E-state index is 11.7. The summed E-state index contributed by atoms with van der Waals surface area (Å²) in [5.74, 6) is 0.696. The standard InChI is InChI=1S/C12H16N4O2/c13-9-10-3-4-11(18-10)12(17)14-5-1-7-16-8-2-6-15-16/h2-4,6,8H,1,5,7,9,13H2,(H,14,17). The number of amides is 1. The average molecular weight is 248 g/mol. The van der Waals surface area contributed by atoms with Gasteiger partial charge in [0.05, 0.1) is 6.54 Å². The van der Waals surface area contributed by atoms with E-state index in [1.807, 2.05) is 16.9 Å². The van der Waals surface area contributed by atoms with Crippen LogP contribution < -0.4 is 11.1 Å². The highest BCUT2D eigenvalue weighted by Crippen LogP contribution is 2.06. The normalized spacial score (nSPS) is 10.5. The number of furan rings is 1. The van der Waals surface area contributed by atoms with E-state index in [0.29, 0.717) is 24.6 Å². The Morgan fingerprint density at radius 1 is 1.50 bits per heavy atom. The van der Waals surface area contributed by atoms with Gasteiger partial charge in [-0.15, -0.1) is 0 Å². The molecule has 3 N–H and O–H groups in total. The fourth-order valence-corrected chi connectivity index (χ4v) is 1.57. The molecule has 2 aromatic rings. The number of carbonyl (C=O) groups excluding carboxylic acids is 1. The molecule has 0 aromatic carbocycles. The number of carbonyl (C=O) groups is 1. The van der Waals surface area contributed by atoms with E-state index >= 15 is 0 Å². The van der Waals surface area contributed by atoms with Crippen LogP contribution in [0.3, 0.4) is 0 Å². The summed E-state index contributed by atoms with van der Waals surface area (Å²) in [6.45, 7) is 1.66. The van der Waals surface area contributed by atoms with Crippen LogP contribution in [0.5, 0.6) is 0 Å². The summed E-state index contributed by atoms with van der Waals surface area (Å²) in [6, 6.07) is 5.21. The lowest BCUT2D eigenvalue weighted by Crippen LogP contribution is -2.24. The van der Waals surface area contributed by atoms with Crippen molar-refractivity contribution in [1.29, 1.82) is 0 Å². The predicted molar refractivity (Wildman–Crippen MR) is 65.8 cm³/mol. The van der Waals surface area contributed by atoms with Crippen LogP contribution in [0.2, 0.25) is 0 Å². The van der Waals surface area contributed by atoms with E-state index in [4.69, 9.17) is 10.2 Å². The van der Waals surface area contributed by atoms with Gasteiger partial charge in [0.1, 0.15) is 5.76 Å². The molecule has 0 atom stereocenters. The molecular weight excluding hydrogens is 232 g/mol. The molecule has 0 aliphatic carbocycles. The first-order valence-corrected chi connectivity index (χ1v) is 5.84. The summed E-state index contributed by atoms with van der Waals surface area (Å²) in [6.07, 6.45) is 4.44. The Labute approximate surface area is 105 Å². The van der Waals surface area contributed by atoms with Crippen molar-refractivity contribution in [1.82, 2.24) is 15.1 Å². The Kier molecular flexibility index (Phi) is 4.14. The third-order valence-corrected chi connectivity index (χ3v) is 2.50.